The van der Waals surface area contributed by atoms with Gasteiger partial charge in [-0.2, -0.15) is 0 Å². The van der Waals surface area contributed by atoms with Gasteiger partial charge in [0, 0.05) is 29.5 Å². The average Bonchev–Trinajstić information content (AvgIpc) is 2.62. The van der Waals surface area contributed by atoms with Crippen LogP contribution in [-0.2, 0) is 6.54 Å². The molecule has 2 nitrogen and oxygen atoms in total. The second-order valence-corrected chi connectivity index (χ2v) is 3.62. The number of benzene rings is 1. The fourth-order valence-electron chi connectivity index (χ4n) is 1.78. The molecule has 0 saturated carbocycles. The maximum Gasteiger partial charge on any atom is 0.140 e. The highest BCUT2D eigenvalue weighted by Gasteiger charge is 2.18. The Labute approximate surface area is 80.8 Å². The van der Waals surface area contributed by atoms with Crippen molar-refractivity contribution in [2.24, 2.45) is 0 Å². The molecule has 0 unspecified atom stereocenters. The maximum absolute atomic E-state index is 5.90. The van der Waals surface area contributed by atoms with Crippen molar-refractivity contribution in [2.45, 2.75) is 6.54 Å². The lowest BCUT2D eigenvalue weighted by molar-refractivity contribution is 0.848. The van der Waals surface area contributed by atoms with Crippen LogP contribution in [0.1, 0.15) is 5.56 Å². The van der Waals surface area contributed by atoms with E-state index < -0.39 is 0 Å². The Morgan fingerprint density at radius 3 is 3.23 bits per heavy atom. The Morgan fingerprint density at radius 2 is 2.31 bits per heavy atom. The average molecular weight is 191 g/mol. The van der Waals surface area contributed by atoms with Crippen molar-refractivity contribution in [3.8, 4) is 11.4 Å². The summed E-state index contributed by atoms with van der Waals surface area (Å²) >= 11 is 5.90. The van der Waals surface area contributed by atoms with Gasteiger partial charge in [-0.15, -0.1) is 0 Å². The molecule has 2 aromatic rings. The summed E-state index contributed by atoms with van der Waals surface area (Å²) in [4.78, 5) is 4.29. The monoisotopic (exact) mass is 190 g/mol. The van der Waals surface area contributed by atoms with E-state index in [0.29, 0.717) is 0 Å². The highest BCUT2D eigenvalue weighted by molar-refractivity contribution is 6.30. The van der Waals surface area contributed by atoms with E-state index in [2.05, 4.69) is 9.55 Å². The Bertz CT molecular complexity index is 474. The molecule has 2 heterocycles. The topological polar surface area (TPSA) is 17.8 Å². The molecule has 1 aromatic carbocycles. The van der Waals surface area contributed by atoms with Crippen molar-refractivity contribution in [1.29, 1.82) is 0 Å². The van der Waals surface area contributed by atoms with Crippen LogP contribution < -0.4 is 0 Å². The van der Waals surface area contributed by atoms with Crippen LogP contribution in [0.25, 0.3) is 11.4 Å². The van der Waals surface area contributed by atoms with Gasteiger partial charge in [0.15, 0.2) is 0 Å². The lowest BCUT2D eigenvalue weighted by Crippen LogP contribution is -1.88. The fourth-order valence-corrected chi connectivity index (χ4v) is 1.97. The van der Waals surface area contributed by atoms with Crippen LogP contribution in [0.15, 0.2) is 30.6 Å². The standard InChI is InChI=1S/C10H7ClN2/c11-8-1-2-9-7(5-8)6-13-4-3-12-10(9)13/h1-5H,6H2. The zero-order chi connectivity index (χ0) is 8.84. The van der Waals surface area contributed by atoms with Gasteiger partial charge in [0.25, 0.3) is 0 Å². The molecule has 3 rings (SSSR count). The van der Waals surface area contributed by atoms with E-state index in [1.807, 2.05) is 30.6 Å². The third-order valence-corrected chi connectivity index (χ3v) is 2.60. The Morgan fingerprint density at radius 1 is 1.38 bits per heavy atom. The van der Waals surface area contributed by atoms with Gasteiger partial charge in [0.1, 0.15) is 5.82 Å². The van der Waals surface area contributed by atoms with Crippen molar-refractivity contribution in [1.82, 2.24) is 9.55 Å². The molecule has 0 atom stereocenters. The number of halogens is 1. The maximum atomic E-state index is 5.90. The number of nitrogens with zero attached hydrogens (tertiary/aromatic N) is 2. The summed E-state index contributed by atoms with van der Waals surface area (Å²) in [5, 5.41) is 0.796. The van der Waals surface area contributed by atoms with Crippen LogP contribution in [0.2, 0.25) is 5.02 Å². The molecule has 13 heavy (non-hydrogen) atoms. The van der Waals surface area contributed by atoms with E-state index in [1.54, 1.807) is 0 Å². The number of hydrogen-bond acceptors (Lipinski definition) is 1. The number of imidazole rings is 1. The van der Waals surface area contributed by atoms with Gasteiger partial charge in [0.2, 0.25) is 0 Å². The minimum Gasteiger partial charge on any atom is -0.327 e. The summed E-state index contributed by atoms with van der Waals surface area (Å²) < 4.78 is 2.13. The van der Waals surface area contributed by atoms with Crippen molar-refractivity contribution in [3.63, 3.8) is 0 Å². The molecule has 0 amide bonds. The van der Waals surface area contributed by atoms with Crippen molar-refractivity contribution in [2.75, 3.05) is 0 Å². The van der Waals surface area contributed by atoms with Crippen LogP contribution in [0, 0.1) is 0 Å². The molecule has 0 fully saturated rings. The summed E-state index contributed by atoms with van der Waals surface area (Å²) in [5.74, 6) is 1.05. The van der Waals surface area contributed by atoms with E-state index >= 15 is 0 Å². The summed E-state index contributed by atoms with van der Waals surface area (Å²) in [5.41, 5.74) is 2.46. The predicted molar refractivity (Wildman–Crippen MR) is 51.8 cm³/mol. The van der Waals surface area contributed by atoms with Crippen LogP contribution in [-0.4, -0.2) is 9.55 Å². The lowest BCUT2D eigenvalue weighted by atomic mass is 10.1. The highest BCUT2D eigenvalue weighted by atomic mass is 35.5. The SMILES string of the molecule is Clc1ccc2c(c1)Cn1ccnc1-2. The normalized spacial score (nSPS) is 12.7. The van der Waals surface area contributed by atoms with Crippen LogP contribution in [0.3, 0.4) is 0 Å². The molecule has 0 saturated heterocycles. The molecule has 0 bridgehead atoms. The highest BCUT2D eigenvalue weighted by Crippen LogP contribution is 2.31. The number of aromatic nitrogens is 2. The number of hydrogen-bond donors (Lipinski definition) is 0. The van der Waals surface area contributed by atoms with Gasteiger partial charge in [-0.3, -0.25) is 0 Å². The molecule has 1 aliphatic rings. The fraction of sp³-hybridized carbons (Fsp3) is 0.100. The van der Waals surface area contributed by atoms with Gasteiger partial charge >= 0.3 is 0 Å². The molecule has 64 valence electrons. The smallest absolute Gasteiger partial charge is 0.140 e. The van der Waals surface area contributed by atoms with Crippen LogP contribution >= 0.6 is 11.6 Å². The largest absolute Gasteiger partial charge is 0.327 e. The Kier molecular flexibility index (Phi) is 1.30. The van der Waals surface area contributed by atoms with E-state index in [9.17, 15) is 0 Å². The second-order valence-electron chi connectivity index (χ2n) is 3.18. The molecule has 1 aliphatic heterocycles. The van der Waals surface area contributed by atoms with E-state index in [0.717, 1.165) is 17.4 Å². The third-order valence-electron chi connectivity index (χ3n) is 2.36. The molecular weight excluding hydrogens is 184 g/mol. The molecule has 0 spiro atoms. The minimum atomic E-state index is 0.796. The molecule has 1 aromatic heterocycles. The number of rotatable bonds is 0. The van der Waals surface area contributed by atoms with Crippen molar-refractivity contribution < 1.29 is 0 Å². The first kappa shape index (κ1) is 7.15. The molecule has 3 heteroatoms. The second kappa shape index (κ2) is 2.36. The van der Waals surface area contributed by atoms with Gasteiger partial charge in [0.05, 0.1) is 0 Å². The quantitative estimate of drug-likeness (QED) is 0.533. The van der Waals surface area contributed by atoms with Gasteiger partial charge in [-0.05, 0) is 23.8 Å². The van der Waals surface area contributed by atoms with E-state index in [4.69, 9.17) is 11.6 Å². The van der Waals surface area contributed by atoms with Gasteiger partial charge in [-0.25, -0.2) is 4.98 Å². The zero-order valence-electron chi connectivity index (χ0n) is 6.87. The summed E-state index contributed by atoms with van der Waals surface area (Å²) in [7, 11) is 0. The Hall–Kier alpha value is -1.28. The van der Waals surface area contributed by atoms with Crippen molar-refractivity contribution in [3.05, 3.63) is 41.2 Å². The first-order valence-corrected chi connectivity index (χ1v) is 4.52. The van der Waals surface area contributed by atoms with Gasteiger partial charge < -0.3 is 4.57 Å². The summed E-state index contributed by atoms with van der Waals surface area (Å²) in [6.45, 7) is 0.894. The Balaban J connectivity index is 2.29. The molecule has 0 aliphatic carbocycles. The molecule has 0 N–H and O–H groups in total. The lowest BCUT2D eigenvalue weighted by Gasteiger charge is -1.96. The molecular formula is C10H7ClN2. The third kappa shape index (κ3) is 0.923. The summed E-state index contributed by atoms with van der Waals surface area (Å²) in [6.07, 6.45) is 3.82. The minimum absolute atomic E-state index is 0.796. The first-order chi connectivity index (χ1) is 6.34. The van der Waals surface area contributed by atoms with Crippen LogP contribution in [0.5, 0.6) is 0 Å². The number of fused-ring (bicyclic) bond motifs is 3. The molecule has 0 radical (unpaired) electrons. The predicted octanol–water partition coefficient (Wildman–Crippen LogP) is 2.57. The zero-order valence-corrected chi connectivity index (χ0v) is 7.62. The summed E-state index contributed by atoms with van der Waals surface area (Å²) in [6, 6.07) is 5.94. The van der Waals surface area contributed by atoms with Crippen LogP contribution in [0.4, 0.5) is 0 Å². The van der Waals surface area contributed by atoms with Crippen molar-refractivity contribution >= 4 is 11.6 Å². The van der Waals surface area contributed by atoms with E-state index in [-0.39, 0.29) is 0 Å². The van der Waals surface area contributed by atoms with E-state index in [1.165, 1.54) is 11.1 Å². The first-order valence-electron chi connectivity index (χ1n) is 4.14. The van der Waals surface area contributed by atoms with Gasteiger partial charge in [-0.1, -0.05) is 11.6 Å².